The number of nitrogens with zero attached hydrogens (tertiary/aromatic N) is 1. The van der Waals surface area contributed by atoms with Gasteiger partial charge in [-0.2, -0.15) is 4.31 Å². The lowest BCUT2D eigenvalue weighted by molar-refractivity contribution is 0.229. The van der Waals surface area contributed by atoms with Crippen LogP contribution in [0.25, 0.3) is 0 Å². The first-order valence-electron chi connectivity index (χ1n) is 9.11. The second kappa shape index (κ2) is 7.56. The Labute approximate surface area is 157 Å². The van der Waals surface area contributed by atoms with Gasteiger partial charge in [0.1, 0.15) is 0 Å². The first kappa shape index (κ1) is 20.7. The molecule has 1 aromatic rings. The molecule has 0 radical (unpaired) electrons. The number of carbonyl (C=O) groups excluding carboxylic acids is 1. The van der Waals surface area contributed by atoms with Gasteiger partial charge < -0.3 is 11.1 Å². The number of rotatable bonds is 4. The van der Waals surface area contributed by atoms with Crippen LogP contribution >= 0.6 is 0 Å². The minimum atomic E-state index is -3.64. The van der Waals surface area contributed by atoms with Crippen LogP contribution in [0, 0.1) is 13.8 Å². The molecule has 3 N–H and O–H groups in total. The fraction of sp³-hybridized carbons (Fsp3) is 0.632. The third-order valence-corrected chi connectivity index (χ3v) is 7.24. The average Bonchev–Trinajstić information content (AvgIpc) is 2.51. The highest BCUT2D eigenvalue weighted by atomic mass is 32.2. The maximum absolute atomic E-state index is 13.4. The van der Waals surface area contributed by atoms with Crippen LogP contribution in [0.3, 0.4) is 0 Å². The second-order valence-corrected chi connectivity index (χ2v) is 10.0. The molecule has 0 aliphatic carbocycles. The van der Waals surface area contributed by atoms with Crippen LogP contribution in [0.1, 0.15) is 56.7 Å². The predicted molar refractivity (Wildman–Crippen MR) is 104 cm³/mol. The molecule has 0 aromatic heterocycles. The lowest BCUT2D eigenvalue weighted by atomic mass is 9.85. The van der Waals surface area contributed by atoms with Gasteiger partial charge in [0.25, 0.3) is 0 Å². The lowest BCUT2D eigenvalue weighted by Gasteiger charge is -2.35. The number of primary amides is 1. The van der Waals surface area contributed by atoms with Crippen molar-refractivity contribution in [2.45, 2.75) is 70.2 Å². The minimum absolute atomic E-state index is 0.0448. The highest BCUT2D eigenvalue weighted by molar-refractivity contribution is 7.89. The van der Waals surface area contributed by atoms with E-state index in [0.29, 0.717) is 11.4 Å². The number of nitrogens with two attached hydrogens (primary N) is 1. The molecule has 2 amide bonds. The molecule has 1 aliphatic rings. The van der Waals surface area contributed by atoms with Gasteiger partial charge in [-0.15, -0.1) is 0 Å². The molecular weight excluding hydrogens is 350 g/mol. The van der Waals surface area contributed by atoms with Crippen LogP contribution in [0.2, 0.25) is 0 Å². The number of sulfonamides is 1. The largest absolute Gasteiger partial charge is 0.352 e. The molecule has 0 unspecified atom stereocenters. The Bertz CT molecular complexity index is 759. The molecule has 1 heterocycles. The summed E-state index contributed by atoms with van der Waals surface area (Å²) in [4.78, 5) is 11.4. The molecule has 7 heteroatoms. The van der Waals surface area contributed by atoms with E-state index in [1.54, 1.807) is 4.31 Å². The van der Waals surface area contributed by atoms with Crippen molar-refractivity contribution < 1.29 is 13.2 Å². The van der Waals surface area contributed by atoms with E-state index in [9.17, 15) is 13.2 Å². The molecule has 26 heavy (non-hydrogen) atoms. The van der Waals surface area contributed by atoms with E-state index in [0.717, 1.165) is 36.0 Å². The van der Waals surface area contributed by atoms with Gasteiger partial charge in [0.2, 0.25) is 10.0 Å². The quantitative estimate of drug-likeness (QED) is 0.840. The molecular formula is C19H31N3O3S. The summed E-state index contributed by atoms with van der Waals surface area (Å²) in [6, 6.07) is 3.05. The summed E-state index contributed by atoms with van der Waals surface area (Å²) in [6.07, 6.45) is 2.49. The average molecular weight is 382 g/mol. The van der Waals surface area contributed by atoms with Crippen molar-refractivity contribution in [2.75, 3.05) is 13.1 Å². The summed E-state index contributed by atoms with van der Waals surface area (Å²) in [5.74, 6) is 0. The lowest BCUT2D eigenvalue weighted by Crippen LogP contribution is -2.50. The maximum Gasteiger partial charge on any atom is 0.312 e. The molecule has 0 spiro atoms. The van der Waals surface area contributed by atoms with E-state index in [2.05, 4.69) is 26.1 Å². The molecule has 1 aliphatic heterocycles. The molecule has 6 nitrogen and oxygen atoms in total. The van der Waals surface area contributed by atoms with Gasteiger partial charge in [0.05, 0.1) is 4.90 Å². The number of hydrogen-bond donors (Lipinski definition) is 2. The van der Waals surface area contributed by atoms with Crippen LogP contribution in [-0.2, 0) is 15.4 Å². The van der Waals surface area contributed by atoms with Crippen molar-refractivity contribution >= 4 is 16.1 Å². The van der Waals surface area contributed by atoms with Crippen molar-refractivity contribution in [3.8, 4) is 0 Å². The Kier molecular flexibility index (Phi) is 6.02. The van der Waals surface area contributed by atoms with Crippen molar-refractivity contribution in [1.29, 1.82) is 0 Å². The van der Waals surface area contributed by atoms with Crippen LogP contribution in [0.4, 0.5) is 4.79 Å². The zero-order valence-electron chi connectivity index (χ0n) is 16.4. The van der Waals surface area contributed by atoms with Gasteiger partial charge in [0.15, 0.2) is 0 Å². The first-order valence-corrected chi connectivity index (χ1v) is 10.6. The van der Waals surface area contributed by atoms with Gasteiger partial charge in [-0.1, -0.05) is 39.3 Å². The maximum atomic E-state index is 13.4. The predicted octanol–water partition coefficient (Wildman–Crippen LogP) is 2.81. The number of hydrogen-bond acceptors (Lipinski definition) is 3. The van der Waals surface area contributed by atoms with Crippen LogP contribution in [0.15, 0.2) is 17.0 Å². The van der Waals surface area contributed by atoms with Crippen LogP contribution in [0.5, 0.6) is 0 Å². The highest BCUT2D eigenvalue weighted by Crippen LogP contribution is 2.33. The molecule has 0 bridgehead atoms. The zero-order valence-corrected chi connectivity index (χ0v) is 17.2. The Morgan fingerprint density at radius 2 is 1.81 bits per heavy atom. The Morgan fingerprint density at radius 1 is 1.23 bits per heavy atom. The van der Waals surface area contributed by atoms with Crippen LogP contribution < -0.4 is 11.1 Å². The molecule has 1 atom stereocenters. The van der Waals surface area contributed by atoms with Crippen molar-refractivity contribution in [1.82, 2.24) is 9.62 Å². The number of amides is 2. The number of nitrogens with one attached hydrogen (secondary N) is 1. The minimum Gasteiger partial charge on any atom is -0.352 e. The number of piperidine rings is 1. The molecule has 146 valence electrons. The van der Waals surface area contributed by atoms with Gasteiger partial charge in [0, 0.05) is 19.1 Å². The summed E-state index contributed by atoms with van der Waals surface area (Å²) in [6.45, 7) is 10.8. The summed E-state index contributed by atoms with van der Waals surface area (Å²) < 4.78 is 28.4. The number of benzene rings is 1. The van der Waals surface area contributed by atoms with Crippen LogP contribution in [-0.4, -0.2) is 37.9 Å². The van der Waals surface area contributed by atoms with Gasteiger partial charge in [-0.3, -0.25) is 0 Å². The Balaban J connectivity index is 2.43. The van der Waals surface area contributed by atoms with E-state index in [4.69, 9.17) is 5.73 Å². The topological polar surface area (TPSA) is 92.5 Å². The first-order chi connectivity index (χ1) is 11.9. The van der Waals surface area contributed by atoms with Gasteiger partial charge >= 0.3 is 6.03 Å². The van der Waals surface area contributed by atoms with E-state index >= 15 is 0 Å². The Hall–Kier alpha value is -1.60. The number of aryl methyl sites for hydroxylation is 2. The summed E-state index contributed by atoms with van der Waals surface area (Å²) in [5, 5.41) is 2.56. The molecule has 0 saturated carbocycles. The van der Waals surface area contributed by atoms with Gasteiger partial charge in [-0.25, -0.2) is 13.2 Å². The molecule has 1 fully saturated rings. The zero-order chi connectivity index (χ0) is 19.7. The van der Waals surface area contributed by atoms with E-state index < -0.39 is 16.1 Å². The SMILES string of the molecule is Cc1cc(C(C)(C)C)cc(C)c1S(=O)(=O)N1CCCC[C@H]1CNC(N)=O. The molecule has 2 rings (SSSR count). The van der Waals surface area contributed by atoms with Gasteiger partial charge in [-0.05, 0) is 48.8 Å². The van der Waals surface area contributed by atoms with Crippen molar-refractivity contribution in [2.24, 2.45) is 5.73 Å². The van der Waals surface area contributed by atoms with E-state index in [1.807, 2.05) is 26.0 Å². The monoisotopic (exact) mass is 381 g/mol. The normalized spacial score (nSPS) is 19.3. The van der Waals surface area contributed by atoms with Crippen molar-refractivity contribution in [3.05, 3.63) is 28.8 Å². The second-order valence-electron chi connectivity index (χ2n) is 8.20. The standard InChI is InChI=1S/C19H31N3O3S/c1-13-10-15(19(3,4)5)11-14(2)17(13)26(24,25)22-9-7-6-8-16(22)12-21-18(20)23/h10-11,16H,6-9,12H2,1-5H3,(H3,20,21,23)/t16-/m0/s1. The fourth-order valence-corrected chi connectivity index (χ4v) is 5.73. The third kappa shape index (κ3) is 4.38. The van der Waals surface area contributed by atoms with E-state index in [-0.39, 0.29) is 18.0 Å². The third-order valence-electron chi connectivity index (χ3n) is 4.98. The number of urea groups is 1. The Morgan fingerprint density at radius 3 is 2.31 bits per heavy atom. The smallest absolute Gasteiger partial charge is 0.312 e. The summed E-state index contributed by atoms with van der Waals surface area (Å²) in [5.41, 5.74) is 7.77. The molecule has 1 saturated heterocycles. The van der Waals surface area contributed by atoms with E-state index in [1.165, 1.54) is 0 Å². The summed E-state index contributed by atoms with van der Waals surface area (Å²) >= 11 is 0. The summed E-state index contributed by atoms with van der Waals surface area (Å²) in [7, 11) is -3.64. The fourth-order valence-electron chi connectivity index (χ4n) is 3.62. The molecule has 1 aromatic carbocycles. The number of carbonyl (C=O) groups is 1. The van der Waals surface area contributed by atoms with Crippen molar-refractivity contribution in [3.63, 3.8) is 0 Å². The highest BCUT2D eigenvalue weighted by Gasteiger charge is 2.35.